The summed E-state index contributed by atoms with van der Waals surface area (Å²) in [5.41, 5.74) is 7.88. The number of ether oxygens (including phenoxy) is 1. The van der Waals surface area contributed by atoms with Crippen molar-refractivity contribution in [2.75, 3.05) is 12.3 Å². The molecule has 0 aliphatic heterocycles. The molecule has 3 rings (SSSR count). The third-order valence-corrected chi connectivity index (χ3v) is 4.50. The molecule has 0 aliphatic rings. The fourth-order valence-electron chi connectivity index (χ4n) is 2.51. The van der Waals surface area contributed by atoms with Crippen LogP contribution in [0.1, 0.15) is 18.3 Å². The SMILES string of the molecule is CCSc1nnc(CCN)n1-c1ccc(OCc2ccccc2)cc1. The normalized spacial score (nSPS) is 10.8. The van der Waals surface area contributed by atoms with Crippen LogP contribution in [-0.4, -0.2) is 27.1 Å². The van der Waals surface area contributed by atoms with Crippen molar-refractivity contribution in [2.45, 2.75) is 25.1 Å². The van der Waals surface area contributed by atoms with Crippen molar-refractivity contribution in [2.24, 2.45) is 5.73 Å². The lowest BCUT2D eigenvalue weighted by molar-refractivity contribution is 0.306. The Morgan fingerprint density at radius 1 is 1.04 bits per heavy atom. The predicted molar refractivity (Wildman–Crippen MR) is 101 cm³/mol. The van der Waals surface area contributed by atoms with Crippen LogP contribution in [0.4, 0.5) is 0 Å². The molecule has 3 aromatic rings. The largest absolute Gasteiger partial charge is 0.489 e. The Hall–Kier alpha value is -2.31. The highest BCUT2D eigenvalue weighted by molar-refractivity contribution is 7.99. The Labute approximate surface area is 152 Å². The molecule has 0 spiro atoms. The number of aromatic nitrogens is 3. The Balaban J connectivity index is 1.76. The lowest BCUT2D eigenvalue weighted by Gasteiger charge is -2.11. The zero-order chi connectivity index (χ0) is 17.5. The predicted octanol–water partition coefficient (Wildman–Crippen LogP) is 3.46. The van der Waals surface area contributed by atoms with Crippen LogP contribution in [0.2, 0.25) is 0 Å². The van der Waals surface area contributed by atoms with E-state index in [2.05, 4.69) is 33.8 Å². The molecular weight excluding hydrogens is 332 g/mol. The molecule has 5 nitrogen and oxygen atoms in total. The van der Waals surface area contributed by atoms with E-state index in [1.807, 2.05) is 42.5 Å². The molecule has 0 atom stereocenters. The maximum Gasteiger partial charge on any atom is 0.195 e. The summed E-state index contributed by atoms with van der Waals surface area (Å²) in [4.78, 5) is 0. The summed E-state index contributed by atoms with van der Waals surface area (Å²) in [7, 11) is 0. The van der Waals surface area contributed by atoms with Gasteiger partial charge in [-0.1, -0.05) is 49.0 Å². The molecule has 25 heavy (non-hydrogen) atoms. The van der Waals surface area contributed by atoms with Gasteiger partial charge in [0.15, 0.2) is 5.16 Å². The summed E-state index contributed by atoms with van der Waals surface area (Å²) >= 11 is 1.67. The van der Waals surface area contributed by atoms with Crippen LogP contribution < -0.4 is 10.5 Å². The highest BCUT2D eigenvalue weighted by Gasteiger charge is 2.13. The van der Waals surface area contributed by atoms with Crippen LogP contribution in [0.15, 0.2) is 59.8 Å². The number of rotatable bonds is 8. The number of benzene rings is 2. The Kier molecular flexibility index (Phi) is 6.09. The van der Waals surface area contributed by atoms with Gasteiger partial charge in [0.25, 0.3) is 0 Å². The van der Waals surface area contributed by atoms with Crippen molar-refractivity contribution in [3.63, 3.8) is 0 Å². The van der Waals surface area contributed by atoms with Gasteiger partial charge < -0.3 is 10.5 Å². The van der Waals surface area contributed by atoms with Gasteiger partial charge >= 0.3 is 0 Å². The van der Waals surface area contributed by atoms with E-state index < -0.39 is 0 Å². The van der Waals surface area contributed by atoms with E-state index in [-0.39, 0.29) is 0 Å². The summed E-state index contributed by atoms with van der Waals surface area (Å²) in [6.07, 6.45) is 0.698. The number of nitrogens with zero attached hydrogens (tertiary/aromatic N) is 3. The maximum atomic E-state index is 5.85. The molecule has 0 saturated carbocycles. The van der Waals surface area contributed by atoms with Gasteiger partial charge in [0, 0.05) is 12.1 Å². The van der Waals surface area contributed by atoms with Gasteiger partial charge in [0.1, 0.15) is 18.2 Å². The molecule has 130 valence electrons. The van der Waals surface area contributed by atoms with Crippen LogP contribution >= 0.6 is 11.8 Å². The lowest BCUT2D eigenvalue weighted by atomic mass is 10.2. The van der Waals surface area contributed by atoms with Gasteiger partial charge in [-0.3, -0.25) is 4.57 Å². The average molecular weight is 354 g/mol. The van der Waals surface area contributed by atoms with Crippen LogP contribution in [0.25, 0.3) is 5.69 Å². The molecule has 0 radical (unpaired) electrons. The summed E-state index contributed by atoms with van der Waals surface area (Å²) < 4.78 is 7.93. The van der Waals surface area contributed by atoms with E-state index in [1.165, 1.54) is 0 Å². The molecule has 0 aliphatic carbocycles. The van der Waals surface area contributed by atoms with Crippen LogP contribution in [0.5, 0.6) is 5.75 Å². The highest BCUT2D eigenvalue weighted by atomic mass is 32.2. The first kappa shape index (κ1) is 17.5. The summed E-state index contributed by atoms with van der Waals surface area (Å²) in [5, 5.41) is 9.46. The van der Waals surface area contributed by atoms with E-state index in [0.717, 1.165) is 33.7 Å². The van der Waals surface area contributed by atoms with E-state index in [4.69, 9.17) is 10.5 Å². The zero-order valence-corrected chi connectivity index (χ0v) is 15.1. The van der Waals surface area contributed by atoms with E-state index in [1.54, 1.807) is 11.8 Å². The first-order valence-electron chi connectivity index (χ1n) is 8.36. The minimum absolute atomic E-state index is 0.549. The Morgan fingerprint density at radius 3 is 2.48 bits per heavy atom. The second-order valence-electron chi connectivity index (χ2n) is 5.47. The number of thioether (sulfide) groups is 1. The molecule has 6 heteroatoms. The van der Waals surface area contributed by atoms with Gasteiger partial charge in [-0.05, 0) is 42.1 Å². The highest BCUT2D eigenvalue weighted by Crippen LogP contribution is 2.24. The summed E-state index contributed by atoms with van der Waals surface area (Å²) in [6.45, 7) is 3.21. The Bertz CT molecular complexity index is 763. The molecule has 1 aromatic heterocycles. The molecule has 2 N–H and O–H groups in total. The van der Waals surface area contributed by atoms with Crippen molar-refractivity contribution in [1.29, 1.82) is 0 Å². The second-order valence-corrected chi connectivity index (χ2v) is 6.71. The van der Waals surface area contributed by atoms with E-state index in [9.17, 15) is 0 Å². The van der Waals surface area contributed by atoms with Crippen molar-refractivity contribution in [1.82, 2.24) is 14.8 Å². The Morgan fingerprint density at radius 2 is 1.80 bits per heavy atom. The lowest BCUT2D eigenvalue weighted by Crippen LogP contribution is -2.09. The van der Waals surface area contributed by atoms with Gasteiger partial charge in [0.05, 0.1) is 0 Å². The quantitative estimate of drug-likeness (QED) is 0.628. The van der Waals surface area contributed by atoms with Crippen molar-refractivity contribution < 1.29 is 4.74 Å². The fourth-order valence-corrected chi connectivity index (χ4v) is 3.20. The van der Waals surface area contributed by atoms with Crippen molar-refractivity contribution in [3.05, 3.63) is 66.0 Å². The van der Waals surface area contributed by atoms with Gasteiger partial charge in [-0.15, -0.1) is 10.2 Å². The van der Waals surface area contributed by atoms with Crippen LogP contribution in [0.3, 0.4) is 0 Å². The van der Waals surface area contributed by atoms with E-state index in [0.29, 0.717) is 19.6 Å². The molecule has 0 amide bonds. The number of hydrogen-bond donors (Lipinski definition) is 1. The van der Waals surface area contributed by atoms with Gasteiger partial charge in [0.2, 0.25) is 0 Å². The number of hydrogen-bond acceptors (Lipinski definition) is 5. The molecule has 0 bridgehead atoms. The molecule has 1 heterocycles. The molecule has 0 fully saturated rings. The molecule has 0 unspecified atom stereocenters. The zero-order valence-electron chi connectivity index (χ0n) is 14.3. The van der Waals surface area contributed by atoms with Crippen LogP contribution in [0, 0.1) is 0 Å². The van der Waals surface area contributed by atoms with Gasteiger partial charge in [-0.25, -0.2) is 0 Å². The van der Waals surface area contributed by atoms with Crippen molar-refractivity contribution in [3.8, 4) is 11.4 Å². The average Bonchev–Trinajstić information content (AvgIpc) is 3.04. The van der Waals surface area contributed by atoms with Crippen LogP contribution in [-0.2, 0) is 13.0 Å². The van der Waals surface area contributed by atoms with Crippen molar-refractivity contribution >= 4 is 11.8 Å². The standard InChI is InChI=1S/C19H22N4OS/c1-2-25-19-22-21-18(12-13-20)23(19)16-8-10-17(11-9-16)24-14-15-6-4-3-5-7-15/h3-11H,2,12-14,20H2,1H3. The minimum atomic E-state index is 0.549. The molecule has 0 saturated heterocycles. The first-order chi connectivity index (χ1) is 12.3. The van der Waals surface area contributed by atoms with Gasteiger partial charge in [-0.2, -0.15) is 0 Å². The maximum absolute atomic E-state index is 5.85. The molecule has 2 aromatic carbocycles. The summed E-state index contributed by atoms with van der Waals surface area (Å²) in [5.74, 6) is 2.67. The first-order valence-corrected chi connectivity index (χ1v) is 9.34. The monoisotopic (exact) mass is 354 g/mol. The summed E-state index contributed by atoms with van der Waals surface area (Å²) in [6, 6.07) is 18.2. The number of nitrogens with two attached hydrogens (primary N) is 1. The molecular formula is C19H22N4OS. The second kappa shape index (κ2) is 8.69. The fraction of sp³-hybridized carbons (Fsp3) is 0.263. The topological polar surface area (TPSA) is 66.0 Å². The third kappa shape index (κ3) is 4.41. The minimum Gasteiger partial charge on any atom is -0.489 e. The van der Waals surface area contributed by atoms with E-state index >= 15 is 0 Å². The third-order valence-electron chi connectivity index (χ3n) is 3.69. The smallest absolute Gasteiger partial charge is 0.195 e.